The van der Waals surface area contributed by atoms with Gasteiger partial charge in [-0.25, -0.2) is 28.1 Å². The fraction of sp³-hybridized carbons (Fsp3) is 0.239. The van der Waals surface area contributed by atoms with Gasteiger partial charge in [-0.3, -0.25) is 0 Å². The Balaban J connectivity index is 0.000000124. The van der Waals surface area contributed by atoms with Crippen LogP contribution in [0.2, 0.25) is 0 Å². The van der Waals surface area contributed by atoms with Crippen LogP contribution in [-0.4, -0.2) is 87.7 Å². The number of rotatable bonds is 15. The third-order valence-corrected chi connectivity index (χ3v) is 16.3. The third kappa shape index (κ3) is 12.7. The first-order valence-electron chi connectivity index (χ1n) is 29.9. The van der Waals surface area contributed by atoms with E-state index in [0.717, 1.165) is 163 Å². The molecule has 0 atom stereocenters. The van der Waals surface area contributed by atoms with Crippen molar-refractivity contribution in [3.05, 3.63) is 231 Å². The van der Waals surface area contributed by atoms with Crippen molar-refractivity contribution in [1.82, 2.24) is 69.9 Å². The van der Waals surface area contributed by atoms with Crippen molar-refractivity contribution in [3.63, 3.8) is 0 Å². The van der Waals surface area contributed by atoms with Crippen molar-refractivity contribution in [2.45, 2.75) is 91.1 Å². The molecule has 3 aliphatic rings. The lowest BCUT2D eigenvalue weighted by Gasteiger charge is -2.21. The number of fused-ring (bicyclic) bond motifs is 6. The van der Waals surface area contributed by atoms with Crippen LogP contribution in [0.15, 0.2) is 146 Å². The molecule has 90 heavy (non-hydrogen) atoms. The lowest BCUT2D eigenvalue weighted by atomic mass is 9.96. The van der Waals surface area contributed by atoms with Crippen molar-refractivity contribution in [3.8, 4) is 17.8 Å². The van der Waals surface area contributed by atoms with Gasteiger partial charge in [0.2, 0.25) is 0 Å². The SMILES string of the molecule is OCc1cccc2c1cnn2-c1nc2c(c(NCc3cccc(F)c3)n1)CCCC2.OCc1cccc2c1cnn2-c1nc2c(c(NCc3cccc(F)c3)n1)CCNC2.OCc1cccc2c1cnn2-c1nc2c(c(NCc3cccc(F)c3)n1)CNCC2. The number of hydrogen-bond acceptors (Lipinski definition) is 17. The fourth-order valence-electron chi connectivity index (χ4n) is 11.7. The van der Waals surface area contributed by atoms with Crippen LogP contribution in [0.4, 0.5) is 30.6 Å². The van der Waals surface area contributed by atoms with Gasteiger partial charge < -0.3 is 41.9 Å². The number of hydrogen-bond donors (Lipinski definition) is 8. The molecule has 0 saturated carbocycles. The highest BCUT2D eigenvalue weighted by Crippen LogP contribution is 2.31. The summed E-state index contributed by atoms with van der Waals surface area (Å²) in [6.45, 7) is 4.27. The molecule has 6 aromatic heterocycles. The molecular formula is C67H64F3N17O3. The van der Waals surface area contributed by atoms with E-state index in [-0.39, 0.29) is 37.3 Å². The molecule has 456 valence electrons. The molecule has 0 bridgehead atoms. The summed E-state index contributed by atoms with van der Waals surface area (Å²) in [4.78, 5) is 28.7. The molecular weight excluding hydrogens is 1150 g/mol. The van der Waals surface area contributed by atoms with Gasteiger partial charge >= 0.3 is 0 Å². The molecule has 0 amide bonds. The minimum absolute atomic E-state index is 0.0471. The standard InChI is InChI=1S/C23H22FN5O.2C22H21FN6O/c24-17-7-3-5-15(11-17)12-25-22-18-8-1-2-9-20(18)27-23(28-22)29-21-10-4-6-16(14-30)19(21)13-26-29;23-16-5-1-3-14(9-16)10-25-21-18-11-24-8-7-19(18)27-22(28-21)29-20-6-2-4-15(13-30)17(20)12-26-29;23-16-5-1-3-14(9-16)10-25-21-17-7-8-24-12-19(17)27-22(28-21)29-20-6-2-4-15(13-30)18(20)11-26-29/h3-7,10-11,13,30H,1-2,8-9,12,14H2,(H,25,27,28);1-6,9,12,24,30H,7-8,10-11,13H2,(H,25,27,28);1-6,9,11,24,30H,7-8,10,12-13H2,(H,25,27,28). The Hall–Kier alpha value is -10.0. The van der Waals surface area contributed by atoms with Crippen molar-refractivity contribution in [2.24, 2.45) is 0 Å². The van der Waals surface area contributed by atoms with Crippen LogP contribution in [0.1, 0.15) is 80.0 Å². The molecule has 0 radical (unpaired) electrons. The molecule has 8 heterocycles. The molecule has 0 fully saturated rings. The smallest absolute Gasteiger partial charge is 0.253 e. The highest BCUT2D eigenvalue weighted by atomic mass is 19.1. The second-order valence-electron chi connectivity index (χ2n) is 22.1. The van der Waals surface area contributed by atoms with Crippen molar-refractivity contribution in [2.75, 3.05) is 29.0 Å². The van der Waals surface area contributed by atoms with Gasteiger partial charge in [0.15, 0.2) is 0 Å². The molecule has 20 nitrogen and oxygen atoms in total. The molecule has 8 N–H and O–H groups in total. The van der Waals surface area contributed by atoms with Crippen LogP contribution in [0.5, 0.6) is 0 Å². The van der Waals surface area contributed by atoms with Gasteiger partial charge in [0, 0.05) is 78.5 Å². The van der Waals surface area contributed by atoms with Crippen LogP contribution >= 0.6 is 0 Å². The zero-order valence-electron chi connectivity index (χ0n) is 49.0. The first kappa shape index (κ1) is 59.0. The number of nitrogens with zero attached hydrogens (tertiary/aromatic N) is 12. The Morgan fingerprint density at radius 3 is 1.22 bits per heavy atom. The van der Waals surface area contributed by atoms with E-state index in [9.17, 15) is 28.5 Å². The Kier molecular flexibility index (Phi) is 17.5. The summed E-state index contributed by atoms with van der Waals surface area (Å²) in [6.07, 6.45) is 10.8. The number of aliphatic hydroxyl groups is 3. The van der Waals surface area contributed by atoms with E-state index in [4.69, 9.17) is 29.9 Å². The number of benzene rings is 6. The molecule has 12 aromatic rings. The summed E-state index contributed by atoms with van der Waals surface area (Å²) in [5.41, 5.74) is 13.7. The van der Waals surface area contributed by atoms with Crippen LogP contribution in [-0.2, 0) is 78.2 Å². The zero-order chi connectivity index (χ0) is 61.5. The maximum Gasteiger partial charge on any atom is 0.253 e. The predicted octanol–water partition coefficient (Wildman–Crippen LogP) is 9.35. The monoisotopic (exact) mass is 1210 g/mol. The normalized spacial score (nSPS) is 13.4. The summed E-state index contributed by atoms with van der Waals surface area (Å²) in [6, 6.07) is 36.7. The molecule has 23 heteroatoms. The molecule has 6 aromatic carbocycles. The molecule has 0 unspecified atom stereocenters. The number of aromatic nitrogens is 12. The minimum atomic E-state index is -0.260. The Morgan fingerprint density at radius 1 is 0.400 bits per heavy atom. The van der Waals surface area contributed by atoms with Gasteiger partial charge in [-0.1, -0.05) is 72.8 Å². The second-order valence-corrected chi connectivity index (χ2v) is 22.1. The van der Waals surface area contributed by atoms with E-state index in [1.807, 2.05) is 72.8 Å². The largest absolute Gasteiger partial charge is 0.392 e. The topological polar surface area (TPSA) is 252 Å². The maximum atomic E-state index is 13.5. The number of halogens is 3. The van der Waals surface area contributed by atoms with E-state index in [1.54, 1.807) is 50.8 Å². The third-order valence-electron chi connectivity index (χ3n) is 16.3. The summed E-state index contributed by atoms with van der Waals surface area (Å²) in [7, 11) is 0. The molecule has 1 aliphatic carbocycles. The Morgan fingerprint density at radius 2 is 0.778 bits per heavy atom. The average molecular weight is 1210 g/mol. The van der Waals surface area contributed by atoms with Gasteiger partial charge in [0.25, 0.3) is 17.8 Å². The van der Waals surface area contributed by atoms with E-state index >= 15 is 0 Å². The van der Waals surface area contributed by atoms with Crippen LogP contribution < -0.4 is 26.6 Å². The highest BCUT2D eigenvalue weighted by Gasteiger charge is 2.24. The van der Waals surface area contributed by atoms with Gasteiger partial charge in [-0.05, 0) is 127 Å². The first-order valence-corrected chi connectivity index (χ1v) is 29.9. The maximum absolute atomic E-state index is 13.5. The van der Waals surface area contributed by atoms with Crippen LogP contribution in [0.3, 0.4) is 0 Å². The average Bonchev–Trinajstić information content (AvgIpc) is 1.79. The van der Waals surface area contributed by atoms with E-state index in [2.05, 4.69) is 41.9 Å². The predicted molar refractivity (Wildman–Crippen MR) is 336 cm³/mol. The summed E-state index contributed by atoms with van der Waals surface area (Å²) >= 11 is 0. The molecule has 0 saturated heterocycles. The van der Waals surface area contributed by atoms with Gasteiger partial charge in [-0.2, -0.15) is 44.3 Å². The van der Waals surface area contributed by atoms with Crippen molar-refractivity contribution in [1.29, 1.82) is 0 Å². The van der Waals surface area contributed by atoms with Gasteiger partial charge in [-0.15, -0.1) is 0 Å². The van der Waals surface area contributed by atoms with Gasteiger partial charge in [0.1, 0.15) is 34.9 Å². The number of nitrogens with one attached hydrogen (secondary N) is 5. The van der Waals surface area contributed by atoms with Crippen molar-refractivity contribution >= 4 is 50.2 Å². The number of anilines is 3. The minimum Gasteiger partial charge on any atom is -0.392 e. The number of aryl methyl sites for hydroxylation is 1. The van der Waals surface area contributed by atoms with Gasteiger partial charge in [0.05, 0.1) is 72.0 Å². The Bertz CT molecular complexity index is 4120. The lowest BCUT2D eigenvalue weighted by molar-refractivity contribution is 0.283. The van der Waals surface area contributed by atoms with Crippen LogP contribution in [0.25, 0.3) is 50.6 Å². The highest BCUT2D eigenvalue weighted by molar-refractivity contribution is 5.85. The van der Waals surface area contributed by atoms with Crippen molar-refractivity contribution < 1.29 is 28.5 Å². The zero-order valence-corrected chi connectivity index (χ0v) is 49.0. The summed E-state index contributed by atoms with van der Waals surface area (Å²) < 4.78 is 45.7. The second kappa shape index (κ2) is 26.7. The first-order chi connectivity index (χ1) is 44.2. The van der Waals surface area contributed by atoms with E-state index < -0.39 is 0 Å². The molecule has 2 aliphatic heterocycles. The fourth-order valence-corrected chi connectivity index (χ4v) is 11.7. The quantitative estimate of drug-likeness (QED) is 0.0476. The Labute approximate surface area is 515 Å². The number of aliphatic hydroxyl groups excluding tert-OH is 3. The van der Waals surface area contributed by atoms with E-state index in [1.165, 1.54) is 36.4 Å². The molecule has 0 spiro atoms. The van der Waals surface area contributed by atoms with Crippen LogP contribution in [0, 0.1) is 17.5 Å². The summed E-state index contributed by atoms with van der Waals surface area (Å²) in [5.74, 6) is 2.91. The summed E-state index contributed by atoms with van der Waals surface area (Å²) in [5, 5.41) is 61.7. The molecule has 15 rings (SSSR count). The van der Waals surface area contributed by atoms with E-state index in [0.29, 0.717) is 56.4 Å². The lowest BCUT2D eigenvalue weighted by Crippen LogP contribution is -2.27.